The number of carbonyl (C=O) groups is 1. The number of halogens is 3. The molecule has 1 amide bonds. The number of hydrogen-bond donors (Lipinski definition) is 3. The Balaban J connectivity index is 1.48. The molecule has 0 aliphatic heterocycles. The zero-order chi connectivity index (χ0) is 35.9. The Kier molecular flexibility index (Phi) is 5.36. The molecule has 4 aromatic rings. The maximum Gasteiger partial charge on any atom is 0.427 e. The van der Waals surface area contributed by atoms with Crippen LogP contribution in [0.5, 0.6) is 0 Å². The van der Waals surface area contributed by atoms with Gasteiger partial charge in [-0.05, 0) is 69.6 Å². The molecule has 0 saturated heterocycles. The zero-order valence-corrected chi connectivity index (χ0v) is 23.9. The second-order valence-electron chi connectivity index (χ2n) is 11.7. The van der Waals surface area contributed by atoms with E-state index in [1.165, 1.54) is 42.8 Å². The van der Waals surface area contributed by atoms with Crippen molar-refractivity contribution in [3.8, 4) is 10.7 Å². The van der Waals surface area contributed by atoms with Crippen molar-refractivity contribution >= 4 is 39.9 Å². The predicted octanol–water partition coefficient (Wildman–Crippen LogP) is 5.11. The molecule has 1 unspecified atom stereocenters. The van der Waals surface area contributed by atoms with Crippen LogP contribution in [-0.2, 0) is 23.5 Å². The van der Waals surface area contributed by atoms with Crippen LogP contribution in [0.4, 0.5) is 24.8 Å². The van der Waals surface area contributed by atoms with Crippen LogP contribution >= 0.6 is 11.3 Å². The van der Waals surface area contributed by atoms with Gasteiger partial charge in [-0.25, -0.2) is 19.7 Å². The Morgan fingerprint density at radius 3 is 2.56 bits per heavy atom. The van der Waals surface area contributed by atoms with Crippen LogP contribution in [0.3, 0.4) is 0 Å². The van der Waals surface area contributed by atoms with Gasteiger partial charge in [0.1, 0.15) is 27.2 Å². The molecule has 7 rings (SSSR count). The van der Waals surface area contributed by atoms with Crippen LogP contribution in [0.25, 0.3) is 21.7 Å². The second-order valence-corrected chi connectivity index (χ2v) is 12.7. The maximum atomic E-state index is 14.0. The molecular weight excluding hydrogens is 583 g/mol. The van der Waals surface area contributed by atoms with Gasteiger partial charge < -0.3 is 15.7 Å². The molecular formula is C29H32F3N7O3S. The summed E-state index contributed by atoms with van der Waals surface area (Å²) in [5, 5.41) is 15.8. The third kappa shape index (κ3) is 4.99. The number of pyridine rings is 2. The summed E-state index contributed by atoms with van der Waals surface area (Å²) in [4.78, 5) is 39.3. The SMILES string of the molecule is [2H]C([2H])([2H])NC(=O)C12CCC(CC1)CC2n1c(=O)n(C([2H])([2H])[2H])c2cnc(Nc3cc(C(C)(C)O)cc(-c4ncc(C(F)(F)F)s4)n3)cc21. The standard InChI is InChI=1S/C29H32F3N7O3S/c1-27(2,42)16-10-17(24-35-14-21(43-24)29(30,31)32)36-23(11-16)37-22-12-18-19(13-34-22)38(4)26(41)39(18)20-9-15-5-7-28(20,8-6-15)25(40)33-3/h10-15,20,42H,5-9H2,1-4H3,(H,33,40)(H,34,36,37)/i3D3,4D3. The van der Waals surface area contributed by atoms with Crippen molar-refractivity contribution in [1.29, 1.82) is 0 Å². The quantitative estimate of drug-likeness (QED) is 0.273. The molecule has 0 aromatic carbocycles. The first-order valence-electron chi connectivity index (χ1n) is 16.6. The van der Waals surface area contributed by atoms with Gasteiger partial charge in [0, 0.05) is 28.2 Å². The van der Waals surface area contributed by atoms with Crippen molar-refractivity contribution in [2.75, 3.05) is 12.3 Å². The molecule has 1 atom stereocenters. The van der Waals surface area contributed by atoms with Crippen LogP contribution in [-0.4, -0.2) is 42.1 Å². The number of rotatable bonds is 6. The predicted molar refractivity (Wildman–Crippen MR) is 156 cm³/mol. The monoisotopic (exact) mass is 621 g/mol. The molecule has 2 bridgehead atoms. The molecule has 14 heteroatoms. The first-order valence-corrected chi connectivity index (χ1v) is 14.4. The lowest BCUT2D eigenvalue weighted by Crippen LogP contribution is -2.53. The Labute approximate surface area is 257 Å². The second kappa shape index (κ2) is 10.2. The van der Waals surface area contributed by atoms with Crippen molar-refractivity contribution in [1.82, 2.24) is 29.4 Å². The van der Waals surface area contributed by atoms with E-state index in [9.17, 15) is 27.9 Å². The number of fused-ring (bicyclic) bond motifs is 4. The van der Waals surface area contributed by atoms with Gasteiger partial charge >= 0.3 is 11.9 Å². The molecule has 3 fully saturated rings. The molecule has 228 valence electrons. The minimum atomic E-state index is -4.62. The fraction of sp³-hybridized carbons (Fsp3) is 0.483. The number of carbonyl (C=O) groups excluding carboxylic acids is 1. The molecule has 4 aromatic heterocycles. The van der Waals surface area contributed by atoms with E-state index < -0.39 is 53.7 Å². The van der Waals surface area contributed by atoms with Crippen molar-refractivity contribution in [3.05, 3.63) is 51.5 Å². The summed E-state index contributed by atoms with van der Waals surface area (Å²) in [6.45, 7) is -2.75. The molecule has 0 spiro atoms. The molecule has 0 radical (unpaired) electrons. The largest absolute Gasteiger partial charge is 0.427 e. The highest BCUT2D eigenvalue weighted by atomic mass is 32.1. The number of nitrogens with one attached hydrogen (secondary N) is 2. The lowest BCUT2D eigenvalue weighted by Gasteiger charge is -2.50. The normalized spacial score (nSPS) is 24.9. The van der Waals surface area contributed by atoms with Crippen molar-refractivity contribution in [3.63, 3.8) is 0 Å². The van der Waals surface area contributed by atoms with E-state index in [0.717, 1.165) is 0 Å². The first kappa shape index (κ1) is 22.7. The van der Waals surface area contributed by atoms with Gasteiger partial charge in [0.2, 0.25) is 5.91 Å². The molecule has 10 nitrogen and oxygen atoms in total. The average molecular weight is 622 g/mol. The maximum absolute atomic E-state index is 14.0. The summed E-state index contributed by atoms with van der Waals surface area (Å²) >= 11 is 0.379. The van der Waals surface area contributed by atoms with Gasteiger partial charge in [-0.1, -0.05) is 0 Å². The van der Waals surface area contributed by atoms with Crippen molar-refractivity contribution in [2.24, 2.45) is 18.3 Å². The minimum absolute atomic E-state index is 0.0367. The van der Waals surface area contributed by atoms with Crippen molar-refractivity contribution in [2.45, 2.75) is 63.8 Å². The van der Waals surface area contributed by atoms with Gasteiger partial charge in [-0.3, -0.25) is 13.9 Å². The fourth-order valence-electron chi connectivity index (χ4n) is 6.36. The molecule has 3 aliphatic carbocycles. The lowest BCUT2D eigenvalue weighted by molar-refractivity contribution is -0.141. The summed E-state index contributed by atoms with van der Waals surface area (Å²) in [7, 11) is 0. The van der Waals surface area contributed by atoms with E-state index in [1.54, 1.807) is 0 Å². The molecule has 3 N–H and O–H groups in total. The summed E-state index contributed by atoms with van der Waals surface area (Å²) in [5.74, 6) is -0.492. The molecule has 3 saturated carbocycles. The highest BCUT2D eigenvalue weighted by molar-refractivity contribution is 7.15. The summed E-state index contributed by atoms with van der Waals surface area (Å²) in [5.41, 5.74) is -3.27. The first-order chi connectivity index (χ1) is 22.6. The van der Waals surface area contributed by atoms with E-state index in [0.29, 0.717) is 54.2 Å². The Hall–Kier alpha value is -3.78. The van der Waals surface area contributed by atoms with E-state index in [1.807, 2.05) is 0 Å². The van der Waals surface area contributed by atoms with Crippen LogP contribution in [0.1, 0.15) is 70.7 Å². The lowest BCUT2D eigenvalue weighted by atomic mass is 9.57. The Morgan fingerprint density at radius 1 is 1.14 bits per heavy atom. The van der Waals surface area contributed by atoms with E-state index in [4.69, 9.17) is 8.22 Å². The van der Waals surface area contributed by atoms with E-state index in [-0.39, 0.29) is 44.9 Å². The number of aliphatic hydroxyl groups is 1. The third-order valence-corrected chi connectivity index (χ3v) is 9.69. The fourth-order valence-corrected chi connectivity index (χ4v) is 7.10. The smallest absolute Gasteiger partial charge is 0.386 e. The highest BCUT2D eigenvalue weighted by Crippen LogP contribution is 2.56. The third-order valence-electron chi connectivity index (χ3n) is 8.62. The minimum Gasteiger partial charge on any atom is -0.386 e. The van der Waals surface area contributed by atoms with E-state index >= 15 is 0 Å². The molecule has 3 aliphatic rings. The van der Waals surface area contributed by atoms with Crippen LogP contribution in [0.2, 0.25) is 0 Å². The summed E-state index contributed by atoms with van der Waals surface area (Å²) in [6, 6.07) is 3.41. The number of imidazole rings is 1. The number of aryl methyl sites for hydroxylation is 1. The number of anilines is 2. The van der Waals surface area contributed by atoms with Gasteiger partial charge in [0.15, 0.2) is 0 Å². The molecule has 4 heterocycles. The van der Waals surface area contributed by atoms with Crippen molar-refractivity contribution < 1.29 is 31.3 Å². The van der Waals surface area contributed by atoms with E-state index in [2.05, 4.69) is 25.6 Å². The number of thiazole rings is 1. The van der Waals surface area contributed by atoms with Crippen LogP contribution in [0, 0.1) is 11.3 Å². The van der Waals surface area contributed by atoms with Gasteiger partial charge in [-0.2, -0.15) is 13.2 Å². The summed E-state index contributed by atoms with van der Waals surface area (Å²) in [6.07, 6.45) is -0.524. The number of aromatic nitrogens is 5. The Bertz CT molecular complexity index is 1990. The van der Waals surface area contributed by atoms with Gasteiger partial charge in [0.25, 0.3) is 0 Å². The number of nitrogens with zero attached hydrogens (tertiary/aromatic N) is 5. The topological polar surface area (TPSA) is 127 Å². The zero-order valence-electron chi connectivity index (χ0n) is 29.1. The number of alkyl halides is 3. The number of hydrogen-bond acceptors (Lipinski definition) is 8. The van der Waals surface area contributed by atoms with Crippen LogP contribution < -0.4 is 16.3 Å². The average Bonchev–Trinajstić information content (AvgIpc) is 3.59. The highest BCUT2D eigenvalue weighted by Gasteiger charge is 2.54. The number of amides is 1. The van der Waals surface area contributed by atoms with Gasteiger partial charge in [0.05, 0.1) is 40.5 Å². The Morgan fingerprint density at radius 2 is 1.91 bits per heavy atom. The molecule has 43 heavy (non-hydrogen) atoms. The van der Waals surface area contributed by atoms with Crippen LogP contribution in [0.15, 0.2) is 35.4 Å². The van der Waals surface area contributed by atoms with Gasteiger partial charge in [-0.15, -0.1) is 11.3 Å². The summed E-state index contributed by atoms with van der Waals surface area (Å²) < 4.78 is 89.1.